The molecule has 0 unspecified atom stereocenters. The standard InChI is InChI=1S/C14H11N5S/c1-18-7-6-12(17-18)19-13-9-4-2-3-5-10(9)15-8-11(13)16-14(19)20/h2-8H,1H3,(H,16,20). The highest BCUT2D eigenvalue weighted by molar-refractivity contribution is 7.71. The number of nitrogens with zero attached hydrogens (tertiary/aromatic N) is 4. The van der Waals surface area contributed by atoms with E-state index in [9.17, 15) is 0 Å². The lowest BCUT2D eigenvalue weighted by molar-refractivity contribution is 0.752. The predicted molar refractivity (Wildman–Crippen MR) is 80.5 cm³/mol. The molecule has 0 radical (unpaired) electrons. The summed E-state index contributed by atoms with van der Waals surface area (Å²) >= 11 is 5.44. The van der Waals surface area contributed by atoms with E-state index in [0.29, 0.717) is 4.77 Å². The van der Waals surface area contributed by atoms with E-state index < -0.39 is 0 Å². The van der Waals surface area contributed by atoms with Crippen molar-refractivity contribution < 1.29 is 0 Å². The van der Waals surface area contributed by atoms with Crippen LogP contribution in [0.4, 0.5) is 0 Å². The van der Waals surface area contributed by atoms with Crippen molar-refractivity contribution >= 4 is 34.2 Å². The highest BCUT2D eigenvalue weighted by Gasteiger charge is 2.12. The van der Waals surface area contributed by atoms with Crippen LogP contribution < -0.4 is 0 Å². The number of hydrogen-bond acceptors (Lipinski definition) is 3. The molecule has 98 valence electrons. The molecule has 4 aromatic rings. The first-order valence-corrected chi connectivity index (χ1v) is 6.63. The van der Waals surface area contributed by atoms with Crippen molar-refractivity contribution in [2.24, 2.45) is 7.05 Å². The zero-order valence-electron chi connectivity index (χ0n) is 10.7. The minimum absolute atomic E-state index is 0.622. The molecular formula is C14H11N5S. The Morgan fingerprint density at radius 2 is 2.05 bits per heavy atom. The number of aryl methyl sites for hydroxylation is 1. The molecule has 0 spiro atoms. The van der Waals surface area contributed by atoms with Gasteiger partial charge in [-0.15, -0.1) is 0 Å². The summed E-state index contributed by atoms with van der Waals surface area (Å²) in [4.78, 5) is 7.64. The summed E-state index contributed by atoms with van der Waals surface area (Å²) in [5.41, 5.74) is 2.87. The van der Waals surface area contributed by atoms with Gasteiger partial charge in [-0.3, -0.25) is 14.2 Å². The van der Waals surface area contributed by atoms with Crippen LogP contribution in [-0.4, -0.2) is 24.3 Å². The Morgan fingerprint density at radius 3 is 2.85 bits per heavy atom. The van der Waals surface area contributed by atoms with Gasteiger partial charge in [-0.05, 0) is 18.3 Å². The Bertz CT molecular complexity index is 992. The van der Waals surface area contributed by atoms with E-state index in [1.807, 2.05) is 54.3 Å². The van der Waals surface area contributed by atoms with E-state index in [0.717, 1.165) is 27.8 Å². The van der Waals surface area contributed by atoms with Gasteiger partial charge in [0.25, 0.3) is 0 Å². The molecule has 0 aliphatic rings. The van der Waals surface area contributed by atoms with E-state index in [1.54, 1.807) is 4.68 Å². The van der Waals surface area contributed by atoms with Gasteiger partial charge in [-0.1, -0.05) is 18.2 Å². The van der Waals surface area contributed by atoms with Crippen molar-refractivity contribution in [3.63, 3.8) is 0 Å². The van der Waals surface area contributed by atoms with Crippen molar-refractivity contribution in [2.75, 3.05) is 0 Å². The summed E-state index contributed by atoms with van der Waals surface area (Å²) in [5.74, 6) is 0.806. The average Bonchev–Trinajstić information content (AvgIpc) is 3.01. The van der Waals surface area contributed by atoms with E-state index in [2.05, 4.69) is 15.1 Å². The quantitative estimate of drug-likeness (QED) is 0.546. The number of hydrogen-bond donors (Lipinski definition) is 1. The smallest absolute Gasteiger partial charge is 0.184 e. The van der Waals surface area contributed by atoms with Gasteiger partial charge < -0.3 is 4.98 Å². The molecule has 1 aromatic carbocycles. The van der Waals surface area contributed by atoms with E-state index in [4.69, 9.17) is 12.2 Å². The SMILES string of the molecule is Cn1ccc(-n2c(=S)[nH]c3cnc4ccccc4c32)n1. The molecule has 0 saturated carbocycles. The summed E-state index contributed by atoms with van der Waals surface area (Å²) in [7, 11) is 1.89. The number of para-hydroxylation sites is 1. The van der Waals surface area contributed by atoms with Crippen LogP contribution in [0.3, 0.4) is 0 Å². The molecule has 0 aliphatic heterocycles. The molecule has 0 atom stereocenters. The van der Waals surface area contributed by atoms with Gasteiger partial charge in [0.15, 0.2) is 10.6 Å². The van der Waals surface area contributed by atoms with Crippen LogP contribution in [0.1, 0.15) is 0 Å². The fourth-order valence-corrected chi connectivity index (χ4v) is 2.77. The van der Waals surface area contributed by atoms with Crippen LogP contribution in [0.5, 0.6) is 0 Å². The molecule has 0 bridgehead atoms. The summed E-state index contributed by atoms with van der Waals surface area (Å²) in [5, 5.41) is 5.50. The number of fused-ring (bicyclic) bond motifs is 3. The summed E-state index contributed by atoms with van der Waals surface area (Å²) in [6.45, 7) is 0. The lowest BCUT2D eigenvalue weighted by Gasteiger charge is -2.03. The summed E-state index contributed by atoms with van der Waals surface area (Å²) in [6.07, 6.45) is 3.71. The minimum atomic E-state index is 0.622. The number of rotatable bonds is 1. The van der Waals surface area contributed by atoms with Crippen molar-refractivity contribution in [1.82, 2.24) is 24.3 Å². The predicted octanol–water partition coefficient (Wildman–Crippen LogP) is 2.97. The molecule has 0 aliphatic carbocycles. The highest BCUT2D eigenvalue weighted by Crippen LogP contribution is 2.25. The van der Waals surface area contributed by atoms with Crippen LogP contribution in [0.2, 0.25) is 0 Å². The van der Waals surface area contributed by atoms with Crippen molar-refractivity contribution in [3.05, 3.63) is 47.5 Å². The zero-order valence-corrected chi connectivity index (χ0v) is 11.6. The topological polar surface area (TPSA) is 51.4 Å². The molecule has 3 heterocycles. The summed E-state index contributed by atoms with van der Waals surface area (Å²) in [6, 6.07) is 9.97. The minimum Gasteiger partial charge on any atom is -0.329 e. The maximum Gasteiger partial charge on any atom is 0.184 e. The zero-order chi connectivity index (χ0) is 13.7. The highest BCUT2D eigenvalue weighted by atomic mass is 32.1. The summed E-state index contributed by atoms with van der Waals surface area (Å²) < 4.78 is 4.34. The van der Waals surface area contributed by atoms with Crippen LogP contribution in [0.25, 0.3) is 27.8 Å². The van der Waals surface area contributed by atoms with Crippen molar-refractivity contribution in [1.29, 1.82) is 0 Å². The lowest BCUT2D eigenvalue weighted by Crippen LogP contribution is -1.97. The number of imidazole rings is 1. The molecule has 6 heteroatoms. The van der Waals surface area contributed by atoms with E-state index in [1.165, 1.54) is 0 Å². The molecule has 4 rings (SSSR count). The fraction of sp³-hybridized carbons (Fsp3) is 0.0714. The van der Waals surface area contributed by atoms with E-state index in [-0.39, 0.29) is 0 Å². The molecular weight excluding hydrogens is 270 g/mol. The molecule has 0 amide bonds. The Labute approximate surface area is 119 Å². The van der Waals surface area contributed by atoms with Gasteiger partial charge in [0.05, 0.1) is 22.7 Å². The Hall–Kier alpha value is -2.47. The number of H-pyrrole nitrogens is 1. The molecule has 0 fully saturated rings. The molecule has 5 nitrogen and oxygen atoms in total. The average molecular weight is 281 g/mol. The first kappa shape index (κ1) is 11.4. The molecule has 0 saturated heterocycles. The number of pyridine rings is 1. The first-order valence-electron chi connectivity index (χ1n) is 6.22. The number of benzene rings is 1. The third-order valence-corrected chi connectivity index (χ3v) is 3.63. The van der Waals surface area contributed by atoms with Crippen molar-refractivity contribution in [3.8, 4) is 5.82 Å². The van der Waals surface area contributed by atoms with Crippen molar-refractivity contribution in [2.45, 2.75) is 0 Å². The number of aromatic nitrogens is 5. The second-order valence-corrected chi connectivity index (χ2v) is 5.04. The Balaban J connectivity index is 2.22. The van der Waals surface area contributed by atoms with Crippen LogP contribution >= 0.6 is 12.2 Å². The first-order chi connectivity index (χ1) is 9.74. The van der Waals surface area contributed by atoms with Gasteiger partial charge in [0.1, 0.15) is 0 Å². The normalized spacial score (nSPS) is 11.4. The third-order valence-electron chi connectivity index (χ3n) is 3.34. The number of aromatic amines is 1. The molecule has 3 aromatic heterocycles. The van der Waals surface area contributed by atoms with Gasteiger partial charge in [0, 0.05) is 24.7 Å². The lowest BCUT2D eigenvalue weighted by atomic mass is 10.2. The number of nitrogens with one attached hydrogen (secondary N) is 1. The van der Waals surface area contributed by atoms with Crippen LogP contribution in [0, 0.1) is 4.77 Å². The largest absolute Gasteiger partial charge is 0.329 e. The second-order valence-electron chi connectivity index (χ2n) is 4.65. The van der Waals surface area contributed by atoms with Gasteiger partial charge in [-0.2, -0.15) is 5.10 Å². The third kappa shape index (κ3) is 1.51. The van der Waals surface area contributed by atoms with E-state index >= 15 is 0 Å². The fourth-order valence-electron chi connectivity index (χ4n) is 2.47. The maximum absolute atomic E-state index is 5.44. The second kappa shape index (κ2) is 4.01. The van der Waals surface area contributed by atoms with Gasteiger partial charge >= 0.3 is 0 Å². The van der Waals surface area contributed by atoms with Gasteiger partial charge in [-0.25, -0.2) is 0 Å². The Morgan fingerprint density at radius 1 is 1.20 bits per heavy atom. The maximum atomic E-state index is 5.44. The van der Waals surface area contributed by atoms with Crippen LogP contribution in [0.15, 0.2) is 42.7 Å². The monoisotopic (exact) mass is 281 g/mol. The molecule has 1 N–H and O–H groups in total. The Kier molecular flexibility index (Phi) is 2.28. The van der Waals surface area contributed by atoms with Crippen LogP contribution in [-0.2, 0) is 7.05 Å². The van der Waals surface area contributed by atoms with Gasteiger partial charge in [0.2, 0.25) is 0 Å². The molecule has 20 heavy (non-hydrogen) atoms.